The van der Waals surface area contributed by atoms with E-state index in [0.29, 0.717) is 16.0 Å². The molecule has 1 aromatic carbocycles. The summed E-state index contributed by atoms with van der Waals surface area (Å²) in [5.41, 5.74) is 0. The molecule has 1 unspecified atom stereocenters. The molecule has 78 valence electrons. The van der Waals surface area contributed by atoms with Crippen molar-refractivity contribution in [3.05, 3.63) is 28.2 Å². The summed E-state index contributed by atoms with van der Waals surface area (Å²) >= 11 is 17.0. The minimum absolute atomic E-state index is 0.615. The van der Waals surface area contributed by atoms with Crippen molar-refractivity contribution in [2.45, 2.75) is 11.8 Å². The zero-order valence-corrected chi connectivity index (χ0v) is 11.7. The summed E-state index contributed by atoms with van der Waals surface area (Å²) in [5.74, 6) is 1.75. The Morgan fingerprint density at radius 1 is 1.36 bits per heavy atom. The van der Waals surface area contributed by atoms with E-state index >= 15 is 0 Å². The summed E-state index contributed by atoms with van der Waals surface area (Å²) in [6, 6.07) is 5.75. The number of rotatable bonds is 4. The van der Waals surface area contributed by atoms with Crippen LogP contribution in [-0.4, -0.2) is 11.1 Å². The summed E-state index contributed by atoms with van der Waals surface area (Å²) in [4.78, 5) is 1.17. The third-order valence-corrected chi connectivity index (χ3v) is 4.86. The van der Waals surface area contributed by atoms with Gasteiger partial charge in [0.1, 0.15) is 0 Å². The first-order chi connectivity index (χ1) is 6.63. The van der Waals surface area contributed by atoms with E-state index in [1.54, 1.807) is 11.8 Å². The maximum Gasteiger partial charge on any atom is 0.0603 e. The maximum absolute atomic E-state index is 5.91. The Morgan fingerprint density at radius 3 is 2.64 bits per heavy atom. The van der Waals surface area contributed by atoms with Gasteiger partial charge in [-0.3, -0.25) is 0 Å². The Bertz CT molecular complexity index is 304. The molecule has 1 rings (SSSR count). The van der Waals surface area contributed by atoms with E-state index in [0.717, 1.165) is 11.1 Å². The number of alkyl halides is 1. The lowest BCUT2D eigenvalue weighted by molar-refractivity contribution is 0.770. The lowest BCUT2D eigenvalue weighted by atomic mass is 10.3. The van der Waals surface area contributed by atoms with Crippen LogP contribution < -0.4 is 0 Å². The van der Waals surface area contributed by atoms with Crippen molar-refractivity contribution in [1.82, 2.24) is 0 Å². The molecule has 4 heteroatoms. The van der Waals surface area contributed by atoms with Crippen molar-refractivity contribution in [2.24, 2.45) is 5.92 Å². The molecule has 0 aromatic heterocycles. The standard InChI is InChI=1S/C10H11BrCl2S/c1-7(5-11)6-14-8-2-3-9(12)10(13)4-8/h2-4,7H,5-6H2,1H3. The van der Waals surface area contributed by atoms with Gasteiger partial charge in [0.25, 0.3) is 0 Å². The fourth-order valence-electron chi connectivity index (χ4n) is 0.850. The second-order valence-corrected chi connectivity index (χ2v) is 5.70. The first kappa shape index (κ1) is 12.7. The third kappa shape index (κ3) is 4.01. The molecule has 0 aliphatic carbocycles. The Balaban J connectivity index is 2.55. The van der Waals surface area contributed by atoms with Gasteiger partial charge < -0.3 is 0 Å². The highest BCUT2D eigenvalue weighted by Gasteiger charge is 2.03. The monoisotopic (exact) mass is 312 g/mol. The van der Waals surface area contributed by atoms with Gasteiger partial charge in [-0.05, 0) is 24.1 Å². The largest absolute Gasteiger partial charge is 0.126 e. The molecule has 0 aliphatic heterocycles. The zero-order valence-electron chi connectivity index (χ0n) is 7.77. The van der Waals surface area contributed by atoms with Crippen LogP contribution in [0.1, 0.15) is 6.92 Å². The maximum atomic E-state index is 5.91. The summed E-state index contributed by atoms with van der Waals surface area (Å²) < 4.78 is 0. The van der Waals surface area contributed by atoms with Gasteiger partial charge in [-0.2, -0.15) is 0 Å². The molecular weight excluding hydrogens is 303 g/mol. The smallest absolute Gasteiger partial charge is 0.0603 e. The lowest BCUT2D eigenvalue weighted by Crippen LogP contribution is -1.98. The van der Waals surface area contributed by atoms with Gasteiger partial charge in [0, 0.05) is 16.0 Å². The summed E-state index contributed by atoms with van der Waals surface area (Å²) in [6.07, 6.45) is 0. The number of hydrogen-bond acceptors (Lipinski definition) is 1. The molecule has 0 aliphatic rings. The van der Waals surface area contributed by atoms with Crippen molar-refractivity contribution in [1.29, 1.82) is 0 Å². The van der Waals surface area contributed by atoms with E-state index in [1.807, 2.05) is 18.2 Å². The first-order valence-electron chi connectivity index (χ1n) is 4.27. The fraction of sp³-hybridized carbons (Fsp3) is 0.400. The Morgan fingerprint density at radius 2 is 2.07 bits per heavy atom. The molecule has 14 heavy (non-hydrogen) atoms. The van der Waals surface area contributed by atoms with Gasteiger partial charge in [-0.1, -0.05) is 46.1 Å². The van der Waals surface area contributed by atoms with Crippen LogP contribution in [0.4, 0.5) is 0 Å². The summed E-state index contributed by atoms with van der Waals surface area (Å²) in [5, 5.41) is 2.27. The molecule has 0 bridgehead atoms. The molecule has 1 aromatic rings. The van der Waals surface area contributed by atoms with Crippen LogP contribution in [0.2, 0.25) is 10.0 Å². The predicted octanol–water partition coefficient (Wildman–Crippen LogP) is 5.12. The average Bonchev–Trinajstić information content (AvgIpc) is 2.19. The molecule has 0 nitrogen and oxygen atoms in total. The van der Waals surface area contributed by atoms with Gasteiger partial charge >= 0.3 is 0 Å². The van der Waals surface area contributed by atoms with E-state index in [1.165, 1.54) is 4.90 Å². The van der Waals surface area contributed by atoms with Crippen LogP contribution in [0.3, 0.4) is 0 Å². The Hall–Kier alpha value is 0.630. The molecule has 0 radical (unpaired) electrons. The van der Waals surface area contributed by atoms with Gasteiger partial charge in [0.2, 0.25) is 0 Å². The first-order valence-corrected chi connectivity index (χ1v) is 7.13. The average molecular weight is 314 g/mol. The fourth-order valence-corrected chi connectivity index (χ4v) is 2.70. The quantitative estimate of drug-likeness (QED) is 0.549. The summed E-state index contributed by atoms with van der Waals surface area (Å²) in [6.45, 7) is 2.21. The third-order valence-electron chi connectivity index (χ3n) is 1.69. The highest BCUT2D eigenvalue weighted by Crippen LogP contribution is 2.29. The summed E-state index contributed by atoms with van der Waals surface area (Å²) in [7, 11) is 0. The van der Waals surface area contributed by atoms with E-state index in [9.17, 15) is 0 Å². The Kier molecular flexibility index (Phi) is 5.68. The predicted molar refractivity (Wildman–Crippen MR) is 70.1 cm³/mol. The number of halogens is 3. The van der Waals surface area contributed by atoms with Crippen LogP contribution in [-0.2, 0) is 0 Å². The zero-order chi connectivity index (χ0) is 10.6. The van der Waals surface area contributed by atoms with Crippen molar-refractivity contribution in [3.8, 4) is 0 Å². The van der Waals surface area contributed by atoms with Gasteiger partial charge in [-0.25, -0.2) is 0 Å². The molecule has 1 atom stereocenters. The molecule has 0 amide bonds. The second kappa shape index (κ2) is 6.26. The van der Waals surface area contributed by atoms with Crippen molar-refractivity contribution >= 4 is 50.9 Å². The van der Waals surface area contributed by atoms with E-state index < -0.39 is 0 Å². The minimum Gasteiger partial charge on any atom is -0.126 e. The molecule has 0 heterocycles. The van der Waals surface area contributed by atoms with E-state index in [4.69, 9.17) is 23.2 Å². The van der Waals surface area contributed by atoms with Crippen molar-refractivity contribution < 1.29 is 0 Å². The normalized spacial score (nSPS) is 12.9. The van der Waals surface area contributed by atoms with Crippen LogP contribution in [0.25, 0.3) is 0 Å². The molecule has 0 spiro atoms. The highest BCUT2D eigenvalue weighted by molar-refractivity contribution is 9.09. The minimum atomic E-state index is 0.615. The van der Waals surface area contributed by atoms with Crippen LogP contribution in [0.15, 0.2) is 23.1 Å². The van der Waals surface area contributed by atoms with Gasteiger partial charge in [0.15, 0.2) is 0 Å². The van der Waals surface area contributed by atoms with Crippen molar-refractivity contribution in [3.63, 3.8) is 0 Å². The van der Waals surface area contributed by atoms with Gasteiger partial charge in [0.05, 0.1) is 10.0 Å². The van der Waals surface area contributed by atoms with Crippen LogP contribution >= 0.6 is 50.9 Å². The highest BCUT2D eigenvalue weighted by atomic mass is 79.9. The molecular formula is C10H11BrCl2S. The van der Waals surface area contributed by atoms with Crippen LogP contribution in [0, 0.1) is 5.92 Å². The van der Waals surface area contributed by atoms with E-state index in [-0.39, 0.29) is 0 Å². The number of benzene rings is 1. The van der Waals surface area contributed by atoms with E-state index in [2.05, 4.69) is 22.9 Å². The second-order valence-electron chi connectivity index (χ2n) is 3.15. The molecule has 0 N–H and O–H groups in total. The topological polar surface area (TPSA) is 0 Å². The number of thioether (sulfide) groups is 1. The Labute approximate surface area is 107 Å². The van der Waals surface area contributed by atoms with Gasteiger partial charge in [-0.15, -0.1) is 11.8 Å². The van der Waals surface area contributed by atoms with Crippen LogP contribution in [0.5, 0.6) is 0 Å². The molecule has 0 fully saturated rings. The number of hydrogen-bond donors (Lipinski definition) is 0. The SMILES string of the molecule is CC(CBr)CSc1ccc(Cl)c(Cl)c1. The molecule has 0 saturated heterocycles. The lowest BCUT2D eigenvalue weighted by Gasteiger charge is -2.07. The molecule has 0 saturated carbocycles. The van der Waals surface area contributed by atoms with Crippen molar-refractivity contribution in [2.75, 3.05) is 11.1 Å².